The predicted molar refractivity (Wildman–Crippen MR) is 52.6 cm³/mol. The Morgan fingerprint density at radius 3 is 2.77 bits per heavy atom. The van der Waals surface area contributed by atoms with Crippen molar-refractivity contribution in [3.05, 3.63) is 42.2 Å². The van der Waals surface area contributed by atoms with E-state index in [2.05, 4.69) is 6.58 Å². The van der Waals surface area contributed by atoms with Crippen molar-refractivity contribution in [2.24, 2.45) is 5.73 Å². The molecule has 0 aromatic heterocycles. The Hall–Kier alpha value is -1.35. The van der Waals surface area contributed by atoms with Crippen molar-refractivity contribution >= 4 is 5.69 Å². The molecule has 0 aliphatic carbocycles. The fraction of sp³-hybridized carbons (Fsp3) is 0.200. The van der Waals surface area contributed by atoms with E-state index in [-0.39, 0.29) is 11.9 Å². The summed E-state index contributed by atoms with van der Waals surface area (Å²) in [5.41, 5.74) is 12.5. The smallest absolute Gasteiger partial charge is 0.125 e. The normalized spacial score (nSPS) is 12.5. The second kappa shape index (κ2) is 4.05. The van der Waals surface area contributed by atoms with Gasteiger partial charge in [0.15, 0.2) is 0 Å². The first-order valence-corrected chi connectivity index (χ1v) is 4.06. The average Bonchev–Trinajstić information content (AvgIpc) is 2.04. The second-order valence-electron chi connectivity index (χ2n) is 2.90. The molecule has 2 nitrogen and oxygen atoms in total. The van der Waals surface area contributed by atoms with Gasteiger partial charge < -0.3 is 11.5 Å². The van der Waals surface area contributed by atoms with Crippen molar-refractivity contribution in [1.29, 1.82) is 0 Å². The summed E-state index contributed by atoms with van der Waals surface area (Å²) in [6, 6.07) is 4.05. The van der Waals surface area contributed by atoms with E-state index in [1.807, 2.05) is 0 Å². The molecule has 0 aliphatic heterocycles. The number of nitrogen functional groups attached to an aromatic ring is 1. The molecule has 0 bridgehead atoms. The zero-order valence-electron chi connectivity index (χ0n) is 7.33. The third-order valence-corrected chi connectivity index (χ3v) is 1.87. The Balaban J connectivity index is 2.94. The Morgan fingerprint density at radius 1 is 1.54 bits per heavy atom. The van der Waals surface area contributed by atoms with Gasteiger partial charge in [0, 0.05) is 11.7 Å². The van der Waals surface area contributed by atoms with Crippen LogP contribution in [0.3, 0.4) is 0 Å². The molecule has 0 amide bonds. The van der Waals surface area contributed by atoms with Gasteiger partial charge in [0.25, 0.3) is 0 Å². The number of hydrogen-bond acceptors (Lipinski definition) is 2. The van der Waals surface area contributed by atoms with Gasteiger partial charge in [-0.05, 0) is 24.1 Å². The molecule has 0 aliphatic rings. The first-order chi connectivity index (χ1) is 6.15. The van der Waals surface area contributed by atoms with Gasteiger partial charge in [-0.2, -0.15) is 0 Å². The molecule has 0 spiro atoms. The maximum Gasteiger partial charge on any atom is 0.125 e. The minimum Gasteiger partial charge on any atom is -0.398 e. The lowest BCUT2D eigenvalue weighted by atomic mass is 10.0. The zero-order valence-corrected chi connectivity index (χ0v) is 7.33. The van der Waals surface area contributed by atoms with Crippen LogP contribution in [0.2, 0.25) is 0 Å². The fourth-order valence-electron chi connectivity index (χ4n) is 1.19. The van der Waals surface area contributed by atoms with Crippen LogP contribution in [0.1, 0.15) is 18.0 Å². The van der Waals surface area contributed by atoms with Crippen LogP contribution in [0.15, 0.2) is 30.9 Å². The van der Waals surface area contributed by atoms with Gasteiger partial charge >= 0.3 is 0 Å². The maximum absolute atomic E-state index is 12.7. The summed E-state index contributed by atoms with van der Waals surface area (Å²) in [7, 11) is 0. The number of hydrogen-bond donors (Lipinski definition) is 2. The predicted octanol–water partition coefficient (Wildman–Crippen LogP) is 1.98. The van der Waals surface area contributed by atoms with Gasteiger partial charge in [0.05, 0.1) is 0 Å². The van der Waals surface area contributed by atoms with E-state index in [1.165, 1.54) is 12.1 Å². The number of benzene rings is 1. The van der Waals surface area contributed by atoms with E-state index in [0.717, 1.165) is 5.56 Å². The molecule has 0 saturated heterocycles. The minimum absolute atomic E-state index is 0.196. The Labute approximate surface area is 77.0 Å². The van der Waals surface area contributed by atoms with Crippen molar-refractivity contribution < 1.29 is 4.39 Å². The summed E-state index contributed by atoms with van der Waals surface area (Å²) in [5, 5.41) is 0. The van der Waals surface area contributed by atoms with Crippen LogP contribution < -0.4 is 11.5 Å². The van der Waals surface area contributed by atoms with Gasteiger partial charge in [0.2, 0.25) is 0 Å². The molecule has 4 N–H and O–H groups in total. The second-order valence-corrected chi connectivity index (χ2v) is 2.90. The summed E-state index contributed by atoms with van der Waals surface area (Å²) in [6.07, 6.45) is 2.35. The summed E-state index contributed by atoms with van der Waals surface area (Å²) >= 11 is 0. The highest BCUT2D eigenvalue weighted by Gasteiger charge is 2.07. The van der Waals surface area contributed by atoms with Crippen LogP contribution in [0.5, 0.6) is 0 Å². The fourth-order valence-corrected chi connectivity index (χ4v) is 1.19. The van der Waals surface area contributed by atoms with Crippen molar-refractivity contribution in [2.75, 3.05) is 5.73 Å². The quantitative estimate of drug-likeness (QED) is 0.552. The third-order valence-electron chi connectivity index (χ3n) is 1.87. The Bertz CT molecular complexity index is 310. The molecule has 70 valence electrons. The molecule has 0 heterocycles. The number of anilines is 1. The van der Waals surface area contributed by atoms with Gasteiger partial charge in [0.1, 0.15) is 5.82 Å². The van der Waals surface area contributed by atoms with Crippen LogP contribution in [-0.2, 0) is 0 Å². The van der Waals surface area contributed by atoms with E-state index >= 15 is 0 Å². The highest BCUT2D eigenvalue weighted by atomic mass is 19.1. The van der Waals surface area contributed by atoms with Crippen molar-refractivity contribution in [3.8, 4) is 0 Å². The van der Waals surface area contributed by atoms with Gasteiger partial charge in [-0.25, -0.2) is 4.39 Å². The number of nitrogens with two attached hydrogens (primary N) is 2. The molecule has 0 unspecified atom stereocenters. The summed E-state index contributed by atoms with van der Waals surface area (Å²) < 4.78 is 12.7. The zero-order chi connectivity index (χ0) is 9.84. The van der Waals surface area contributed by atoms with Crippen LogP contribution in [0.4, 0.5) is 10.1 Å². The molecular weight excluding hydrogens is 167 g/mol. The molecule has 1 rings (SSSR count). The Kier molecular flexibility index (Phi) is 3.03. The average molecular weight is 180 g/mol. The first kappa shape index (κ1) is 9.74. The molecule has 1 aromatic carbocycles. The summed E-state index contributed by atoms with van der Waals surface area (Å²) in [6.45, 7) is 3.58. The van der Waals surface area contributed by atoms with Crippen molar-refractivity contribution in [2.45, 2.75) is 12.5 Å². The third kappa shape index (κ3) is 2.29. The maximum atomic E-state index is 12.7. The molecule has 1 aromatic rings. The largest absolute Gasteiger partial charge is 0.398 e. The molecule has 1 atom stereocenters. The lowest BCUT2D eigenvalue weighted by Crippen LogP contribution is -2.11. The monoisotopic (exact) mass is 180 g/mol. The van der Waals surface area contributed by atoms with Crippen LogP contribution >= 0.6 is 0 Å². The molecule has 0 radical (unpaired) electrons. The van der Waals surface area contributed by atoms with E-state index in [1.54, 1.807) is 12.1 Å². The van der Waals surface area contributed by atoms with Gasteiger partial charge in [-0.1, -0.05) is 12.1 Å². The van der Waals surface area contributed by atoms with E-state index in [4.69, 9.17) is 11.5 Å². The number of halogens is 1. The van der Waals surface area contributed by atoms with Crippen molar-refractivity contribution in [3.63, 3.8) is 0 Å². The number of rotatable bonds is 3. The summed E-state index contributed by atoms with van der Waals surface area (Å²) in [4.78, 5) is 0. The topological polar surface area (TPSA) is 52.0 Å². The first-order valence-electron chi connectivity index (χ1n) is 4.06. The molecule has 13 heavy (non-hydrogen) atoms. The lowest BCUT2D eigenvalue weighted by molar-refractivity contribution is 0.626. The SMILES string of the molecule is C=CC[C@H](N)c1ccc(F)cc1N. The standard InChI is InChI=1S/C10H13FN2/c1-2-3-9(12)8-5-4-7(11)6-10(8)13/h2,4-6,9H,1,3,12-13H2/t9-/m0/s1. The molecular formula is C10H13FN2. The molecule has 0 saturated carbocycles. The van der Waals surface area contributed by atoms with E-state index in [9.17, 15) is 4.39 Å². The van der Waals surface area contributed by atoms with Gasteiger partial charge in [-0.3, -0.25) is 0 Å². The summed E-state index contributed by atoms with van der Waals surface area (Å²) in [5.74, 6) is -0.341. The molecule has 3 heteroatoms. The van der Waals surface area contributed by atoms with Crippen LogP contribution in [-0.4, -0.2) is 0 Å². The molecule has 0 fully saturated rings. The van der Waals surface area contributed by atoms with E-state index in [0.29, 0.717) is 12.1 Å². The van der Waals surface area contributed by atoms with E-state index < -0.39 is 0 Å². The van der Waals surface area contributed by atoms with Crippen molar-refractivity contribution in [1.82, 2.24) is 0 Å². The van der Waals surface area contributed by atoms with Crippen LogP contribution in [0.25, 0.3) is 0 Å². The Morgan fingerprint density at radius 2 is 2.23 bits per heavy atom. The highest BCUT2D eigenvalue weighted by molar-refractivity contribution is 5.48. The minimum atomic E-state index is -0.341. The van der Waals surface area contributed by atoms with Crippen LogP contribution in [0, 0.1) is 5.82 Å². The lowest BCUT2D eigenvalue weighted by Gasteiger charge is -2.11. The highest BCUT2D eigenvalue weighted by Crippen LogP contribution is 2.21. The van der Waals surface area contributed by atoms with Gasteiger partial charge in [-0.15, -0.1) is 6.58 Å².